The van der Waals surface area contributed by atoms with E-state index in [9.17, 15) is 8.42 Å². The summed E-state index contributed by atoms with van der Waals surface area (Å²) in [5.41, 5.74) is 0. The second-order valence-electron chi connectivity index (χ2n) is 4.05. The highest BCUT2D eigenvalue weighted by Gasteiger charge is 2.21. The average Bonchev–Trinajstić information content (AvgIpc) is 2.28. The second-order valence-corrected chi connectivity index (χ2v) is 6.14. The van der Waals surface area contributed by atoms with E-state index in [2.05, 4.69) is 19.2 Å². The van der Waals surface area contributed by atoms with Gasteiger partial charge in [-0.1, -0.05) is 33.6 Å². The van der Waals surface area contributed by atoms with Gasteiger partial charge in [-0.2, -0.15) is 0 Å². The molecule has 0 amide bonds. The van der Waals surface area contributed by atoms with E-state index in [1.165, 1.54) is 0 Å². The Morgan fingerprint density at radius 3 is 2.12 bits per heavy atom. The third kappa shape index (κ3) is 5.27. The van der Waals surface area contributed by atoms with Crippen LogP contribution in [0.25, 0.3) is 0 Å². The van der Waals surface area contributed by atoms with Crippen LogP contribution in [0.5, 0.6) is 0 Å². The number of hydrogen-bond donors (Lipinski definition) is 1. The van der Waals surface area contributed by atoms with Gasteiger partial charge in [-0.3, -0.25) is 0 Å². The van der Waals surface area contributed by atoms with Crippen LogP contribution in [-0.2, 0) is 10.0 Å². The fraction of sp³-hybridized carbons (Fsp3) is 1.00. The molecule has 0 aliphatic carbocycles. The Kier molecular flexibility index (Phi) is 7.97. The molecule has 0 aromatic rings. The van der Waals surface area contributed by atoms with Crippen molar-refractivity contribution >= 4 is 10.0 Å². The Morgan fingerprint density at radius 2 is 1.75 bits per heavy atom. The first-order valence-electron chi connectivity index (χ1n) is 6.14. The molecule has 0 unspecified atom stereocenters. The molecule has 0 aliphatic rings. The molecule has 0 bridgehead atoms. The molecule has 0 fully saturated rings. The highest BCUT2D eigenvalue weighted by atomic mass is 32.2. The maximum Gasteiger partial charge on any atom is 0.215 e. The second kappa shape index (κ2) is 8.03. The Balaban J connectivity index is 4.46. The van der Waals surface area contributed by atoms with E-state index in [0.29, 0.717) is 25.6 Å². The lowest BCUT2D eigenvalue weighted by Crippen LogP contribution is -2.38. The fourth-order valence-electron chi connectivity index (χ4n) is 1.63. The van der Waals surface area contributed by atoms with Crippen LogP contribution >= 0.6 is 0 Å². The lowest BCUT2D eigenvalue weighted by molar-refractivity contribution is 0.339. The van der Waals surface area contributed by atoms with Gasteiger partial charge in [-0.05, 0) is 13.0 Å². The van der Waals surface area contributed by atoms with Gasteiger partial charge in [0.25, 0.3) is 0 Å². The van der Waals surface area contributed by atoms with Crippen molar-refractivity contribution in [2.75, 3.05) is 32.4 Å². The molecule has 98 valence electrons. The van der Waals surface area contributed by atoms with E-state index in [-0.39, 0.29) is 5.75 Å². The molecule has 5 heteroatoms. The number of nitrogens with one attached hydrogen (secondary N) is 1. The van der Waals surface area contributed by atoms with Crippen LogP contribution in [0.4, 0.5) is 0 Å². The highest BCUT2D eigenvalue weighted by molar-refractivity contribution is 7.89. The highest BCUT2D eigenvalue weighted by Crippen LogP contribution is 2.12. The largest absolute Gasteiger partial charge is 0.319 e. The quantitative estimate of drug-likeness (QED) is 0.671. The van der Waals surface area contributed by atoms with Crippen LogP contribution < -0.4 is 5.32 Å². The van der Waals surface area contributed by atoms with Crippen molar-refractivity contribution in [3.05, 3.63) is 0 Å². The monoisotopic (exact) mass is 250 g/mol. The molecule has 0 spiro atoms. The molecule has 0 aromatic carbocycles. The minimum Gasteiger partial charge on any atom is -0.319 e. The van der Waals surface area contributed by atoms with Crippen molar-refractivity contribution in [2.45, 2.75) is 33.6 Å². The summed E-state index contributed by atoms with van der Waals surface area (Å²) in [6.45, 7) is 7.88. The summed E-state index contributed by atoms with van der Waals surface area (Å²) in [6, 6.07) is 0. The zero-order valence-corrected chi connectivity index (χ0v) is 11.8. The Morgan fingerprint density at radius 1 is 1.19 bits per heavy atom. The topological polar surface area (TPSA) is 49.4 Å². The maximum atomic E-state index is 12.0. The Bertz CT molecular complexity index is 261. The van der Waals surface area contributed by atoms with E-state index in [1.54, 1.807) is 11.4 Å². The normalized spacial score (nSPS) is 12.6. The molecular weight excluding hydrogens is 224 g/mol. The van der Waals surface area contributed by atoms with E-state index in [1.807, 2.05) is 6.92 Å². The maximum absolute atomic E-state index is 12.0. The van der Waals surface area contributed by atoms with Gasteiger partial charge in [-0.25, -0.2) is 12.7 Å². The zero-order valence-electron chi connectivity index (χ0n) is 11.0. The number of nitrogens with zero attached hydrogens (tertiary/aromatic N) is 1. The summed E-state index contributed by atoms with van der Waals surface area (Å²) >= 11 is 0. The summed E-state index contributed by atoms with van der Waals surface area (Å²) in [7, 11) is -1.31. The van der Waals surface area contributed by atoms with Crippen molar-refractivity contribution in [1.29, 1.82) is 0 Å². The molecule has 0 atom stereocenters. The minimum atomic E-state index is -3.08. The molecule has 0 aliphatic heterocycles. The van der Waals surface area contributed by atoms with E-state index in [4.69, 9.17) is 0 Å². The van der Waals surface area contributed by atoms with E-state index < -0.39 is 10.0 Å². The lowest BCUT2D eigenvalue weighted by atomic mass is 10.0. The zero-order chi connectivity index (χ0) is 12.6. The molecule has 0 aromatic heterocycles. The van der Waals surface area contributed by atoms with Crippen molar-refractivity contribution in [2.24, 2.45) is 5.92 Å². The van der Waals surface area contributed by atoms with Crippen molar-refractivity contribution < 1.29 is 8.42 Å². The van der Waals surface area contributed by atoms with Crippen LogP contribution in [0.2, 0.25) is 0 Å². The summed E-state index contributed by atoms with van der Waals surface area (Å²) in [5, 5.41) is 2.88. The van der Waals surface area contributed by atoms with Crippen LogP contribution in [0, 0.1) is 5.92 Å². The summed E-state index contributed by atoms with van der Waals surface area (Å²) < 4.78 is 25.6. The van der Waals surface area contributed by atoms with Crippen molar-refractivity contribution in [3.63, 3.8) is 0 Å². The van der Waals surface area contributed by atoms with Gasteiger partial charge in [0.05, 0.1) is 5.75 Å². The molecule has 4 nitrogen and oxygen atoms in total. The SMILES string of the molecule is CCC(CC)CN(CC)S(=O)(=O)CCNC. The number of sulfonamides is 1. The first kappa shape index (κ1) is 15.9. The van der Waals surface area contributed by atoms with Gasteiger partial charge >= 0.3 is 0 Å². The first-order valence-corrected chi connectivity index (χ1v) is 7.75. The van der Waals surface area contributed by atoms with Gasteiger partial charge < -0.3 is 5.32 Å². The third-order valence-corrected chi connectivity index (χ3v) is 4.89. The van der Waals surface area contributed by atoms with E-state index >= 15 is 0 Å². The molecule has 0 saturated heterocycles. The summed E-state index contributed by atoms with van der Waals surface area (Å²) in [4.78, 5) is 0. The van der Waals surface area contributed by atoms with Crippen LogP contribution in [0.3, 0.4) is 0 Å². The van der Waals surface area contributed by atoms with Crippen LogP contribution in [0.15, 0.2) is 0 Å². The summed E-state index contributed by atoms with van der Waals surface area (Å²) in [5.74, 6) is 0.668. The van der Waals surface area contributed by atoms with Crippen LogP contribution in [0.1, 0.15) is 33.6 Å². The molecule has 1 N–H and O–H groups in total. The van der Waals surface area contributed by atoms with Gasteiger partial charge in [0, 0.05) is 19.6 Å². The van der Waals surface area contributed by atoms with Crippen LogP contribution in [-0.4, -0.2) is 45.2 Å². The van der Waals surface area contributed by atoms with Gasteiger partial charge in [-0.15, -0.1) is 0 Å². The predicted octanol–water partition coefficient (Wildman–Crippen LogP) is 1.29. The predicted molar refractivity (Wildman–Crippen MR) is 69.0 cm³/mol. The minimum absolute atomic E-state index is 0.192. The molecule has 0 saturated carbocycles. The molecule has 16 heavy (non-hydrogen) atoms. The standard InChI is InChI=1S/C11H26N2O2S/c1-5-11(6-2)10-13(7-3)16(14,15)9-8-12-4/h11-12H,5-10H2,1-4H3. The smallest absolute Gasteiger partial charge is 0.215 e. The fourth-order valence-corrected chi connectivity index (χ4v) is 3.19. The molecule has 0 rings (SSSR count). The number of rotatable bonds is 9. The Labute approximate surface area is 100 Å². The number of hydrogen-bond acceptors (Lipinski definition) is 3. The third-order valence-electron chi connectivity index (χ3n) is 2.97. The molecule has 0 radical (unpaired) electrons. The van der Waals surface area contributed by atoms with Gasteiger partial charge in [0.1, 0.15) is 0 Å². The first-order chi connectivity index (χ1) is 7.51. The summed E-state index contributed by atoms with van der Waals surface area (Å²) in [6.07, 6.45) is 2.07. The van der Waals surface area contributed by atoms with Crippen molar-refractivity contribution in [1.82, 2.24) is 9.62 Å². The van der Waals surface area contributed by atoms with Gasteiger partial charge in [0.2, 0.25) is 10.0 Å². The molecule has 0 heterocycles. The van der Waals surface area contributed by atoms with Crippen molar-refractivity contribution in [3.8, 4) is 0 Å². The average molecular weight is 250 g/mol. The molecular formula is C11H26N2O2S. The lowest BCUT2D eigenvalue weighted by Gasteiger charge is -2.24. The Hall–Kier alpha value is -0.130. The van der Waals surface area contributed by atoms with Gasteiger partial charge in [0.15, 0.2) is 0 Å². The van der Waals surface area contributed by atoms with E-state index in [0.717, 1.165) is 12.8 Å².